The average Bonchev–Trinajstić information content (AvgIpc) is 2.28. The second-order valence-electron chi connectivity index (χ2n) is 3.54. The summed E-state index contributed by atoms with van der Waals surface area (Å²) in [6.45, 7) is 0. The zero-order valence-corrected chi connectivity index (χ0v) is 8.78. The van der Waals surface area contributed by atoms with Gasteiger partial charge in [0.05, 0.1) is 5.56 Å². The van der Waals surface area contributed by atoms with E-state index in [9.17, 15) is 13.6 Å². The number of carbonyl (C=O) groups is 1. The molecule has 86 valence electrons. The fourth-order valence-corrected chi connectivity index (χ4v) is 1.67. The molecule has 0 aliphatic carbocycles. The van der Waals surface area contributed by atoms with Crippen molar-refractivity contribution >= 4 is 5.91 Å². The molecule has 17 heavy (non-hydrogen) atoms. The highest BCUT2D eigenvalue weighted by Crippen LogP contribution is 2.26. The Morgan fingerprint density at radius 1 is 1.06 bits per heavy atom. The van der Waals surface area contributed by atoms with Gasteiger partial charge in [-0.2, -0.15) is 0 Å². The van der Waals surface area contributed by atoms with Gasteiger partial charge in [0.1, 0.15) is 11.6 Å². The second kappa shape index (κ2) is 4.33. The molecular weight excluding hydrogens is 224 g/mol. The molecule has 0 atom stereocenters. The highest BCUT2D eigenvalue weighted by atomic mass is 19.1. The normalized spacial score (nSPS) is 10.2. The number of benzene rings is 2. The van der Waals surface area contributed by atoms with Crippen LogP contribution in [0.15, 0.2) is 42.5 Å². The van der Waals surface area contributed by atoms with Gasteiger partial charge in [-0.1, -0.05) is 30.3 Å². The smallest absolute Gasteiger partial charge is 0.252 e. The number of rotatable bonds is 2. The summed E-state index contributed by atoms with van der Waals surface area (Å²) < 4.78 is 26.7. The van der Waals surface area contributed by atoms with Crippen LogP contribution in [0.25, 0.3) is 11.1 Å². The second-order valence-corrected chi connectivity index (χ2v) is 3.54. The van der Waals surface area contributed by atoms with Crippen LogP contribution in [0.4, 0.5) is 8.78 Å². The Labute approximate surface area is 96.7 Å². The molecule has 2 N–H and O–H groups in total. The van der Waals surface area contributed by atoms with E-state index in [1.807, 2.05) is 0 Å². The zero-order chi connectivity index (χ0) is 12.4. The van der Waals surface area contributed by atoms with Crippen LogP contribution in [0, 0.1) is 11.6 Å². The Bertz CT molecular complexity index is 567. The number of halogens is 2. The summed E-state index contributed by atoms with van der Waals surface area (Å²) >= 11 is 0. The molecule has 0 heterocycles. The van der Waals surface area contributed by atoms with Gasteiger partial charge in [-0.3, -0.25) is 4.79 Å². The SMILES string of the molecule is NC(=O)c1c(F)cc(F)cc1-c1ccccc1. The first-order chi connectivity index (χ1) is 8.09. The summed E-state index contributed by atoms with van der Waals surface area (Å²) in [5.41, 5.74) is 5.51. The Kier molecular flexibility index (Phi) is 2.87. The summed E-state index contributed by atoms with van der Waals surface area (Å²) in [4.78, 5) is 11.2. The fourth-order valence-electron chi connectivity index (χ4n) is 1.67. The van der Waals surface area contributed by atoms with Crippen molar-refractivity contribution in [1.82, 2.24) is 0 Å². The van der Waals surface area contributed by atoms with Crippen LogP contribution < -0.4 is 5.73 Å². The minimum atomic E-state index is -0.948. The molecule has 0 aliphatic heterocycles. The zero-order valence-electron chi connectivity index (χ0n) is 8.78. The van der Waals surface area contributed by atoms with Gasteiger partial charge in [0, 0.05) is 11.6 Å². The molecule has 0 unspecified atom stereocenters. The van der Waals surface area contributed by atoms with Gasteiger partial charge < -0.3 is 5.73 Å². The lowest BCUT2D eigenvalue weighted by atomic mass is 9.98. The van der Waals surface area contributed by atoms with E-state index in [0.717, 1.165) is 6.07 Å². The van der Waals surface area contributed by atoms with Crippen LogP contribution in [0.2, 0.25) is 0 Å². The minimum absolute atomic E-state index is 0.163. The lowest BCUT2D eigenvalue weighted by molar-refractivity contribution is 0.0997. The van der Waals surface area contributed by atoms with Gasteiger partial charge in [-0.05, 0) is 11.6 Å². The number of hydrogen-bond donors (Lipinski definition) is 1. The quantitative estimate of drug-likeness (QED) is 0.851. The number of primary amides is 1. The molecule has 0 radical (unpaired) electrons. The van der Waals surface area contributed by atoms with Crippen molar-refractivity contribution in [3.05, 3.63) is 59.7 Å². The summed E-state index contributed by atoms with van der Waals surface area (Å²) in [5, 5.41) is 0. The van der Waals surface area contributed by atoms with E-state index in [1.165, 1.54) is 0 Å². The van der Waals surface area contributed by atoms with Crippen molar-refractivity contribution < 1.29 is 13.6 Å². The van der Waals surface area contributed by atoms with E-state index >= 15 is 0 Å². The number of amides is 1. The predicted octanol–water partition coefficient (Wildman–Crippen LogP) is 2.73. The molecule has 2 rings (SSSR count). The molecule has 2 nitrogen and oxygen atoms in total. The maximum Gasteiger partial charge on any atom is 0.252 e. The van der Waals surface area contributed by atoms with Crippen LogP contribution >= 0.6 is 0 Å². The third-order valence-electron chi connectivity index (χ3n) is 2.39. The van der Waals surface area contributed by atoms with Crippen molar-refractivity contribution in [2.75, 3.05) is 0 Å². The van der Waals surface area contributed by atoms with Crippen molar-refractivity contribution in [2.24, 2.45) is 5.73 Å². The van der Waals surface area contributed by atoms with Crippen molar-refractivity contribution in [2.45, 2.75) is 0 Å². The first kappa shape index (κ1) is 11.3. The minimum Gasteiger partial charge on any atom is -0.365 e. The van der Waals surface area contributed by atoms with Crippen molar-refractivity contribution in [3.8, 4) is 11.1 Å². The Balaban J connectivity index is 2.72. The first-order valence-corrected chi connectivity index (χ1v) is 4.94. The molecule has 0 saturated heterocycles. The topological polar surface area (TPSA) is 43.1 Å². The van der Waals surface area contributed by atoms with Crippen LogP contribution in [0.5, 0.6) is 0 Å². The maximum absolute atomic E-state index is 13.5. The molecule has 0 fully saturated rings. The average molecular weight is 233 g/mol. The molecule has 1 amide bonds. The van der Waals surface area contributed by atoms with Gasteiger partial charge in [-0.25, -0.2) is 8.78 Å². The van der Waals surface area contributed by atoms with Crippen LogP contribution in [0.3, 0.4) is 0 Å². The van der Waals surface area contributed by atoms with E-state index in [-0.39, 0.29) is 11.1 Å². The number of hydrogen-bond acceptors (Lipinski definition) is 1. The Morgan fingerprint density at radius 2 is 1.71 bits per heavy atom. The van der Waals surface area contributed by atoms with E-state index < -0.39 is 17.5 Å². The van der Waals surface area contributed by atoms with E-state index in [4.69, 9.17) is 5.73 Å². The lowest BCUT2D eigenvalue weighted by Crippen LogP contribution is -2.15. The van der Waals surface area contributed by atoms with Crippen LogP contribution in [-0.4, -0.2) is 5.91 Å². The van der Waals surface area contributed by atoms with Crippen LogP contribution in [0.1, 0.15) is 10.4 Å². The fraction of sp³-hybridized carbons (Fsp3) is 0. The highest BCUT2D eigenvalue weighted by Gasteiger charge is 2.17. The lowest BCUT2D eigenvalue weighted by Gasteiger charge is -2.08. The van der Waals surface area contributed by atoms with Crippen molar-refractivity contribution in [3.63, 3.8) is 0 Å². The Hall–Kier alpha value is -2.23. The summed E-state index contributed by atoms with van der Waals surface area (Å²) in [5.74, 6) is -2.61. The molecule has 2 aromatic carbocycles. The maximum atomic E-state index is 13.5. The standard InChI is InChI=1S/C13H9F2NO/c14-9-6-10(8-4-2-1-3-5-8)12(13(16)17)11(15)7-9/h1-7H,(H2,16,17). The predicted molar refractivity (Wildman–Crippen MR) is 60.3 cm³/mol. The van der Waals surface area contributed by atoms with Gasteiger partial charge in [0.25, 0.3) is 5.91 Å². The van der Waals surface area contributed by atoms with Gasteiger partial charge in [-0.15, -0.1) is 0 Å². The third kappa shape index (κ3) is 2.15. The first-order valence-electron chi connectivity index (χ1n) is 4.94. The van der Waals surface area contributed by atoms with E-state index in [1.54, 1.807) is 30.3 Å². The Morgan fingerprint density at radius 3 is 2.29 bits per heavy atom. The summed E-state index contributed by atoms with van der Waals surface area (Å²) in [6, 6.07) is 10.2. The molecule has 0 spiro atoms. The molecule has 0 bridgehead atoms. The highest BCUT2D eigenvalue weighted by molar-refractivity contribution is 6.00. The monoisotopic (exact) mass is 233 g/mol. The summed E-state index contributed by atoms with van der Waals surface area (Å²) in [6.07, 6.45) is 0. The van der Waals surface area contributed by atoms with Crippen molar-refractivity contribution in [1.29, 1.82) is 0 Å². The third-order valence-corrected chi connectivity index (χ3v) is 2.39. The molecule has 0 aliphatic rings. The molecule has 2 aromatic rings. The van der Waals surface area contributed by atoms with Gasteiger partial charge in [0.2, 0.25) is 0 Å². The molecule has 0 aromatic heterocycles. The number of carbonyl (C=O) groups excluding carboxylic acids is 1. The van der Waals surface area contributed by atoms with Gasteiger partial charge >= 0.3 is 0 Å². The number of nitrogens with two attached hydrogens (primary N) is 1. The van der Waals surface area contributed by atoms with E-state index in [0.29, 0.717) is 11.6 Å². The molecular formula is C13H9F2NO. The largest absolute Gasteiger partial charge is 0.365 e. The summed E-state index contributed by atoms with van der Waals surface area (Å²) in [7, 11) is 0. The molecule has 0 saturated carbocycles. The van der Waals surface area contributed by atoms with E-state index in [2.05, 4.69) is 0 Å². The molecule has 4 heteroatoms. The van der Waals surface area contributed by atoms with Gasteiger partial charge in [0.15, 0.2) is 0 Å². The van der Waals surface area contributed by atoms with Crippen LogP contribution in [-0.2, 0) is 0 Å².